The van der Waals surface area contributed by atoms with E-state index >= 15 is 0 Å². The van der Waals surface area contributed by atoms with Crippen molar-refractivity contribution in [2.75, 3.05) is 20.1 Å². The Labute approximate surface area is 62.0 Å². The van der Waals surface area contributed by atoms with Crippen LogP contribution in [-0.2, 0) is 0 Å². The minimum Gasteiger partial charge on any atom is -0.302 e. The third kappa shape index (κ3) is 0.907. The molecule has 0 atom stereocenters. The van der Waals surface area contributed by atoms with Crippen molar-refractivity contribution in [3.05, 3.63) is 23.3 Å². The zero-order chi connectivity index (χ0) is 6.97. The summed E-state index contributed by atoms with van der Waals surface area (Å²) in [4.78, 5) is 2.38. The number of piperidine rings is 1. The average molecular weight is 135 g/mol. The fourth-order valence-electron chi connectivity index (χ4n) is 1.72. The molecule has 0 unspecified atom stereocenters. The van der Waals surface area contributed by atoms with Crippen molar-refractivity contribution in [3.63, 3.8) is 0 Å². The van der Waals surface area contributed by atoms with Crippen LogP contribution >= 0.6 is 0 Å². The molecule has 0 bridgehead atoms. The SMILES string of the molecule is CN1CCC2=CCC=C2C1. The maximum atomic E-state index is 2.38. The zero-order valence-electron chi connectivity index (χ0n) is 6.43. The van der Waals surface area contributed by atoms with Gasteiger partial charge in [-0.3, -0.25) is 0 Å². The molecule has 54 valence electrons. The third-order valence-corrected chi connectivity index (χ3v) is 2.34. The van der Waals surface area contributed by atoms with E-state index in [2.05, 4.69) is 24.1 Å². The minimum absolute atomic E-state index is 1.17. The molecule has 0 aromatic carbocycles. The second kappa shape index (κ2) is 2.24. The predicted octanol–water partition coefficient (Wildman–Crippen LogP) is 1.58. The van der Waals surface area contributed by atoms with Crippen LogP contribution in [0.3, 0.4) is 0 Å². The lowest BCUT2D eigenvalue weighted by atomic mass is 10.0. The van der Waals surface area contributed by atoms with Crippen LogP contribution in [0.15, 0.2) is 23.3 Å². The molecule has 0 amide bonds. The van der Waals surface area contributed by atoms with Gasteiger partial charge in [0.2, 0.25) is 0 Å². The molecule has 0 aromatic heterocycles. The van der Waals surface area contributed by atoms with Gasteiger partial charge in [-0.05, 0) is 31.0 Å². The summed E-state index contributed by atoms with van der Waals surface area (Å²) in [6.07, 6.45) is 7.16. The lowest BCUT2D eigenvalue weighted by molar-refractivity contribution is 0.349. The zero-order valence-corrected chi connectivity index (χ0v) is 6.43. The highest BCUT2D eigenvalue weighted by atomic mass is 15.1. The van der Waals surface area contributed by atoms with E-state index in [1.165, 1.54) is 25.9 Å². The topological polar surface area (TPSA) is 3.24 Å². The molecule has 0 aromatic rings. The molecule has 2 rings (SSSR count). The first-order valence-corrected chi connectivity index (χ1v) is 3.93. The predicted molar refractivity (Wildman–Crippen MR) is 42.9 cm³/mol. The minimum atomic E-state index is 1.17. The Kier molecular flexibility index (Phi) is 1.38. The molecule has 1 aliphatic heterocycles. The molecule has 0 N–H and O–H groups in total. The highest BCUT2D eigenvalue weighted by Crippen LogP contribution is 2.26. The van der Waals surface area contributed by atoms with Crippen molar-refractivity contribution < 1.29 is 0 Å². The number of allylic oxidation sites excluding steroid dienone is 2. The molecule has 1 heteroatoms. The molecule has 0 spiro atoms. The highest BCUT2D eigenvalue weighted by Gasteiger charge is 2.16. The number of likely N-dealkylation sites (tertiary alicyclic amines) is 1. The highest BCUT2D eigenvalue weighted by molar-refractivity contribution is 5.39. The van der Waals surface area contributed by atoms with E-state index in [0.29, 0.717) is 0 Å². The van der Waals surface area contributed by atoms with Crippen LogP contribution in [0.4, 0.5) is 0 Å². The van der Waals surface area contributed by atoms with Gasteiger partial charge in [-0.1, -0.05) is 12.2 Å². The Balaban J connectivity index is 2.17. The summed E-state index contributed by atoms with van der Waals surface area (Å²) >= 11 is 0. The van der Waals surface area contributed by atoms with E-state index in [9.17, 15) is 0 Å². The monoisotopic (exact) mass is 135 g/mol. The normalized spacial score (nSPS) is 25.7. The van der Waals surface area contributed by atoms with Gasteiger partial charge in [-0.2, -0.15) is 0 Å². The summed E-state index contributed by atoms with van der Waals surface area (Å²) in [7, 11) is 2.19. The standard InChI is InChI=1S/C9H13N/c1-10-6-5-8-3-2-4-9(8)7-10/h3-4H,2,5-7H2,1H3. The number of rotatable bonds is 0. The van der Waals surface area contributed by atoms with Crippen LogP contribution in [0.25, 0.3) is 0 Å². The molecule has 1 heterocycles. The largest absolute Gasteiger partial charge is 0.302 e. The molecule has 0 saturated carbocycles. The molecule has 10 heavy (non-hydrogen) atoms. The van der Waals surface area contributed by atoms with Crippen molar-refractivity contribution >= 4 is 0 Å². The van der Waals surface area contributed by atoms with Gasteiger partial charge in [-0.15, -0.1) is 0 Å². The van der Waals surface area contributed by atoms with Gasteiger partial charge in [0.05, 0.1) is 0 Å². The van der Waals surface area contributed by atoms with Crippen molar-refractivity contribution in [3.8, 4) is 0 Å². The Hall–Kier alpha value is -0.560. The maximum absolute atomic E-state index is 2.38. The Morgan fingerprint density at radius 2 is 2.10 bits per heavy atom. The quantitative estimate of drug-likeness (QED) is 0.487. The summed E-state index contributed by atoms with van der Waals surface area (Å²) in [5.74, 6) is 0. The van der Waals surface area contributed by atoms with Crippen LogP contribution in [0.2, 0.25) is 0 Å². The van der Waals surface area contributed by atoms with Gasteiger partial charge < -0.3 is 4.90 Å². The van der Waals surface area contributed by atoms with E-state index < -0.39 is 0 Å². The van der Waals surface area contributed by atoms with Crippen molar-refractivity contribution in [1.82, 2.24) is 4.90 Å². The number of fused-ring (bicyclic) bond motifs is 1. The van der Waals surface area contributed by atoms with E-state index in [0.717, 1.165) is 0 Å². The Morgan fingerprint density at radius 1 is 1.30 bits per heavy atom. The van der Waals surface area contributed by atoms with E-state index in [1.54, 1.807) is 11.1 Å². The second-order valence-electron chi connectivity index (χ2n) is 3.18. The van der Waals surface area contributed by atoms with Gasteiger partial charge in [-0.25, -0.2) is 0 Å². The number of hydrogen-bond donors (Lipinski definition) is 0. The number of likely N-dealkylation sites (N-methyl/N-ethyl adjacent to an activating group) is 1. The number of hydrogen-bond acceptors (Lipinski definition) is 1. The molecule has 0 radical (unpaired) electrons. The van der Waals surface area contributed by atoms with E-state index in [4.69, 9.17) is 0 Å². The van der Waals surface area contributed by atoms with Gasteiger partial charge >= 0.3 is 0 Å². The van der Waals surface area contributed by atoms with Gasteiger partial charge in [0, 0.05) is 13.1 Å². The summed E-state index contributed by atoms with van der Waals surface area (Å²) in [5.41, 5.74) is 3.19. The van der Waals surface area contributed by atoms with Crippen molar-refractivity contribution in [2.45, 2.75) is 12.8 Å². The molecule has 1 aliphatic carbocycles. The van der Waals surface area contributed by atoms with Crippen molar-refractivity contribution in [1.29, 1.82) is 0 Å². The van der Waals surface area contributed by atoms with Gasteiger partial charge in [0.25, 0.3) is 0 Å². The molecular formula is C9H13N. The first kappa shape index (κ1) is 6.17. The summed E-state index contributed by atoms with van der Waals surface area (Å²) in [6, 6.07) is 0. The Morgan fingerprint density at radius 3 is 3.00 bits per heavy atom. The Bertz CT molecular complexity index is 201. The second-order valence-corrected chi connectivity index (χ2v) is 3.18. The summed E-state index contributed by atoms with van der Waals surface area (Å²) < 4.78 is 0. The maximum Gasteiger partial charge on any atom is 0.0230 e. The molecule has 2 aliphatic rings. The fourth-order valence-corrected chi connectivity index (χ4v) is 1.72. The summed E-state index contributed by atoms with van der Waals surface area (Å²) in [5, 5.41) is 0. The fraction of sp³-hybridized carbons (Fsp3) is 0.556. The first-order chi connectivity index (χ1) is 4.86. The molecule has 1 fully saturated rings. The van der Waals surface area contributed by atoms with Gasteiger partial charge in [0.1, 0.15) is 0 Å². The van der Waals surface area contributed by atoms with Crippen LogP contribution in [0.1, 0.15) is 12.8 Å². The lowest BCUT2D eigenvalue weighted by Crippen LogP contribution is -2.27. The third-order valence-electron chi connectivity index (χ3n) is 2.34. The average Bonchev–Trinajstić information content (AvgIpc) is 2.33. The van der Waals surface area contributed by atoms with Crippen LogP contribution < -0.4 is 0 Å². The van der Waals surface area contributed by atoms with E-state index in [1.807, 2.05) is 0 Å². The smallest absolute Gasteiger partial charge is 0.0230 e. The van der Waals surface area contributed by atoms with E-state index in [-0.39, 0.29) is 0 Å². The molecule has 1 saturated heterocycles. The lowest BCUT2D eigenvalue weighted by Gasteiger charge is -2.25. The van der Waals surface area contributed by atoms with Crippen LogP contribution in [0, 0.1) is 0 Å². The summed E-state index contributed by atoms with van der Waals surface area (Å²) in [6.45, 7) is 2.41. The van der Waals surface area contributed by atoms with Crippen LogP contribution in [0.5, 0.6) is 0 Å². The van der Waals surface area contributed by atoms with Crippen LogP contribution in [-0.4, -0.2) is 25.0 Å². The molecule has 1 nitrogen and oxygen atoms in total. The van der Waals surface area contributed by atoms with Crippen molar-refractivity contribution in [2.24, 2.45) is 0 Å². The first-order valence-electron chi connectivity index (χ1n) is 3.93. The van der Waals surface area contributed by atoms with Gasteiger partial charge in [0.15, 0.2) is 0 Å². The number of nitrogens with zero attached hydrogens (tertiary/aromatic N) is 1. The molecular weight excluding hydrogens is 122 g/mol.